The summed E-state index contributed by atoms with van der Waals surface area (Å²) in [7, 11) is 1.62. The van der Waals surface area contributed by atoms with E-state index in [0.717, 1.165) is 5.56 Å². The summed E-state index contributed by atoms with van der Waals surface area (Å²) in [4.78, 5) is 11.8. The van der Waals surface area contributed by atoms with Gasteiger partial charge in [0.2, 0.25) is 0 Å². The first-order chi connectivity index (χ1) is 7.20. The number of benzene rings is 1. The van der Waals surface area contributed by atoms with Gasteiger partial charge in [-0.15, -0.1) is 0 Å². The van der Waals surface area contributed by atoms with Crippen molar-refractivity contribution in [2.24, 2.45) is 7.05 Å². The van der Waals surface area contributed by atoms with E-state index in [4.69, 9.17) is 12.2 Å². The lowest BCUT2D eigenvalue weighted by molar-refractivity contribution is 0.761. The number of nitrogens with one attached hydrogen (secondary N) is 1. The van der Waals surface area contributed by atoms with Crippen molar-refractivity contribution in [2.75, 3.05) is 0 Å². The van der Waals surface area contributed by atoms with Gasteiger partial charge in [0, 0.05) is 12.6 Å². The molecule has 1 heterocycles. The van der Waals surface area contributed by atoms with Crippen molar-refractivity contribution in [1.29, 1.82) is 0 Å². The number of hydrogen-bond donors (Lipinski definition) is 1. The second-order valence-corrected chi connectivity index (χ2v) is 3.49. The molecule has 0 saturated carbocycles. The Hall–Kier alpha value is -1.75. The van der Waals surface area contributed by atoms with Crippen LogP contribution < -0.4 is 5.56 Å². The van der Waals surface area contributed by atoms with Crippen molar-refractivity contribution < 1.29 is 0 Å². The van der Waals surface area contributed by atoms with Crippen LogP contribution in [0.25, 0.3) is 11.3 Å². The van der Waals surface area contributed by atoms with E-state index in [1.165, 1.54) is 4.57 Å². The molecule has 4 nitrogen and oxygen atoms in total. The zero-order chi connectivity index (χ0) is 10.8. The van der Waals surface area contributed by atoms with Crippen molar-refractivity contribution >= 4 is 12.2 Å². The summed E-state index contributed by atoms with van der Waals surface area (Å²) in [5.41, 5.74) is 0.973. The van der Waals surface area contributed by atoms with Gasteiger partial charge in [0.05, 0.1) is 0 Å². The Morgan fingerprint density at radius 1 is 1.33 bits per heavy atom. The van der Waals surface area contributed by atoms with Gasteiger partial charge >= 0.3 is 0 Å². The van der Waals surface area contributed by atoms with Gasteiger partial charge in [-0.2, -0.15) is 5.10 Å². The van der Waals surface area contributed by atoms with E-state index >= 15 is 0 Å². The molecule has 1 aromatic carbocycles. The van der Waals surface area contributed by atoms with Gasteiger partial charge < -0.3 is 0 Å². The van der Waals surface area contributed by atoms with Crippen molar-refractivity contribution in [3.63, 3.8) is 0 Å². The first-order valence-electron chi connectivity index (χ1n) is 4.41. The van der Waals surface area contributed by atoms with Crippen LogP contribution in [0.2, 0.25) is 0 Å². The van der Waals surface area contributed by atoms with Gasteiger partial charge in [-0.25, -0.2) is 0 Å². The number of aromatic amines is 1. The molecule has 1 N–H and O–H groups in total. The molecule has 0 spiro atoms. The van der Waals surface area contributed by atoms with Crippen LogP contribution in [-0.2, 0) is 7.05 Å². The van der Waals surface area contributed by atoms with Crippen LogP contribution >= 0.6 is 12.2 Å². The fourth-order valence-electron chi connectivity index (χ4n) is 1.26. The Balaban J connectivity index is 2.71. The van der Waals surface area contributed by atoms with Crippen LogP contribution in [0.15, 0.2) is 35.1 Å². The average Bonchev–Trinajstić information content (AvgIpc) is 2.27. The van der Waals surface area contributed by atoms with Crippen LogP contribution in [0.1, 0.15) is 0 Å². The molecule has 0 aliphatic rings. The third-order valence-corrected chi connectivity index (χ3v) is 2.49. The minimum Gasteiger partial charge on any atom is -0.285 e. The molecule has 15 heavy (non-hydrogen) atoms. The highest BCUT2D eigenvalue weighted by Gasteiger charge is 2.06. The average molecular weight is 219 g/mol. The van der Waals surface area contributed by atoms with Crippen LogP contribution in [0, 0.1) is 4.77 Å². The predicted octanol–water partition coefficient (Wildman–Crippen LogP) is 1.50. The van der Waals surface area contributed by atoms with Gasteiger partial charge in [-0.3, -0.25) is 14.5 Å². The molecular formula is C10H9N3OS. The lowest BCUT2D eigenvalue weighted by Gasteiger charge is -2.01. The van der Waals surface area contributed by atoms with Gasteiger partial charge in [0.1, 0.15) is 0 Å². The van der Waals surface area contributed by atoms with Crippen molar-refractivity contribution in [1.82, 2.24) is 14.8 Å². The molecule has 0 unspecified atom stereocenters. The molecule has 2 aromatic rings. The summed E-state index contributed by atoms with van der Waals surface area (Å²) in [5, 5.41) is 6.58. The molecule has 0 bridgehead atoms. The number of hydrogen-bond acceptors (Lipinski definition) is 3. The highest BCUT2D eigenvalue weighted by atomic mass is 32.1. The molecule has 0 fully saturated rings. The normalized spacial score (nSPS) is 10.2. The molecule has 0 aliphatic carbocycles. The van der Waals surface area contributed by atoms with Crippen LogP contribution in [0.5, 0.6) is 0 Å². The zero-order valence-corrected chi connectivity index (χ0v) is 8.91. The summed E-state index contributed by atoms with van der Waals surface area (Å²) >= 11 is 4.90. The van der Waals surface area contributed by atoms with Crippen LogP contribution in [0.3, 0.4) is 0 Å². The standard InChI is InChI=1S/C10H9N3OS/c1-13-9(14)8(11-12-10(13)15)7-5-3-2-4-6-7/h2-6H,1H3,(H,12,15). The summed E-state index contributed by atoms with van der Waals surface area (Å²) in [6.07, 6.45) is 0. The SMILES string of the molecule is Cn1c(=S)[nH]nc(-c2ccccc2)c1=O. The Labute approximate surface area is 91.2 Å². The van der Waals surface area contributed by atoms with Crippen LogP contribution in [-0.4, -0.2) is 14.8 Å². The number of rotatable bonds is 1. The topological polar surface area (TPSA) is 50.7 Å². The third-order valence-electron chi connectivity index (χ3n) is 2.12. The quantitative estimate of drug-likeness (QED) is 0.739. The van der Waals surface area contributed by atoms with Crippen LogP contribution in [0.4, 0.5) is 0 Å². The largest absolute Gasteiger partial charge is 0.285 e. The molecule has 1 aromatic heterocycles. The fourth-order valence-corrected chi connectivity index (χ4v) is 1.39. The molecule has 0 amide bonds. The number of nitrogens with zero attached hydrogens (tertiary/aromatic N) is 2. The Morgan fingerprint density at radius 3 is 2.67 bits per heavy atom. The van der Waals surface area contributed by atoms with Gasteiger partial charge in [-0.05, 0) is 12.2 Å². The highest BCUT2D eigenvalue weighted by molar-refractivity contribution is 7.71. The van der Waals surface area contributed by atoms with E-state index in [9.17, 15) is 4.79 Å². The zero-order valence-electron chi connectivity index (χ0n) is 8.10. The lowest BCUT2D eigenvalue weighted by Crippen LogP contribution is -2.22. The summed E-state index contributed by atoms with van der Waals surface area (Å²) in [6.45, 7) is 0. The van der Waals surface area contributed by atoms with Crippen molar-refractivity contribution in [2.45, 2.75) is 0 Å². The Bertz CT molecular complexity index is 586. The molecule has 0 radical (unpaired) electrons. The maximum absolute atomic E-state index is 11.8. The number of aromatic nitrogens is 3. The summed E-state index contributed by atoms with van der Waals surface area (Å²) in [5.74, 6) is 0. The van der Waals surface area contributed by atoms with Crippen molar-refractivity contribution in [3.8, 4) is 11.3 Å². The third kappa shape index (κ3) is 1.73. The predicted molar refractivity (Wildman–Crippen MR) is 60.1 cm³/mol. The van der Waals surface area contributed by atoms with Gasteiger partial charge in [-0.1, -0.05) is 30.3 Å². The second kappa shape index (κ2) is 3.78. The second-order valence-electron chi connectivity index (χ2n) is 3.11. The molecule has 0 saturated heterocycles. The van der Waals surface area contributed by atoms with Gasteiger partial charge in [0.25, 0.3) is 5.56 Å². The Morgan fingerprint density at radius 2 is 2.00 bits per heavy atom. The highest BCUT2D eigenvalue weighted by Crippen LogP contribution is 2.10. The molecule has 5 heteroatoms. The summed E-state index contributed by atoms with van der Waals surface area (Å²) in [6, 6.07) is 9.27. The van der Waals surface area contributed by atoms with Gasteiger partial charge in [0.15, 0.2) is 10.5 Å². The van der Waals surface area contributed by atoms with E-state index < -0.39 is 0 Å². The van der Waals surface area contributed by atoms with E-state index in [-0.39, 0.29) is 5.56 Å². The van der Waals surface area contributed by atoms with E-state index in [0.29, 0.717) is 10.5 Å². The Kier molecular flexibility index (Phi) is 2.47. The minimum atomic E-state index is -0.190. The molecule has 0 atom stereocenters. The number of H-pyrrole nitrogens is 1. The van der Waals surface area contributed by atoms with Crippen molar-refractivity contribution in [3.05, 3.63) is 45.5 Å². The first kappa shape index (κ1) is 9.79. The van der Waals surface area contributed by atoms with E-state index in [1.54, 1.807) is 7.05 Å². The maximum atomic E-state index is 11.8. The first-order valence-corrected chi connectivity index (χ1v) is 4.82. The van der Waals surface area contributed by atoms with E-state index in [2.05, 4.69) is 10.2 Å². The fraction of sp³-hybridized carbons (Fsp3) is 0.100. The minimum absolute atomic E-state index is 0.190. The molecule has 2 rings (SSSR count). The smallest absolute Gasteiger partial charge is 0.280 e. The molecule has 0 aliphatic heterocycles. The molecule has 76 valence electrons. The van der Waals surface area contributed by atoms with E-state index in [1.807, 2.05) is 30.3 Å². The maximum Gasteiger partial charge on any atom is 0.280 e. The summed E-state index contributed by atoms with van der Waals surface area (Å²) < 4.78 is 1.68. The lowest BCUT2D eigenvalue weighted by atomic mass is 10.2. The molecular weight excluding hydrogens is 210 g/mol. The monoisotopic (exact) mass is 219 g/mol.